The Hall–Kier alpha value is -1.78. The lowest BCUT2D eigenvalue weighted by molar-refractivity contribution is 0.0544. The second-order valence-electron chi connectivity index (χ2n) is 13.0. The molecule has 1 heterocycles. The van der Waals surface area contributed by atoms with Crippen molar-refractivity contribution in [2.75, 3.05) is 6.61 Å². The number of aliphatic hydroxyl groups is 1. The van der Waals surface area contributed by atoms with Crippen LogP contribution >= 0.6 is 11.6 Å². The highest BCUT2D eigenvalue weighted by molar-refractivity contribution is 6.77. The Morgan fingerprint density at radius 1 is 1.13 bits per heavy atom. The first-order valence-corrected chi connectivity index (χ1v) is 16.3. The van der Waals surface area contributed by atoms with Crippen LogP contribution in [0.2, 0.25) is 16.6 Å². The molecule has 0 amide bonds. The second kappa shape index (κ2) is 10.7. The Kier molecular flexibility index (Phi) is 8.62. The lowest BCUT2D eigenvalue weighted by atomic mass is 9.99. The molecule has 1 aliphatic rings. The van der Waals surface area contributed by atoms with Gasteiger partial charge in [0, 0.05) is 29.5 Å². The van der Waals surface area contributed by atoms with Crippen LogP contribution in [-0.2, 0) is 9.16 Å². The van der Waals surface area contributed by atoms with Gasteiger partial charge in [0.1, 0.15) is 11.7 Å². The molecule has 0 aliphatic heterocycles. The van der Waals surface area contributed by atoms with E-state index >= 15 is 0 Å². The number of rotatable bonds is 8. The highest BCUT2D eigenvalue weighted by atomic mass is 35.5. The number of halogens is 1. The summed E-state index contributed by atoms with van der Waals surface area (Å²) in [6, 6.07) is 7.81. The molecule has 5 nitrogen and oxygen atoms in total. The average molecular weight is 560 g/mol. The molecule has 0 spiro atoms. The molecular formula is C31H46ClNO4Si. The van der Waals surface area contributed by atoms with E-state index in [0.29, 0.717) is 23.2 Å². The highest BCUT2D eigenvalue weighted by Gasteiger charge is 2.77. The Bertz CT molecular complexity index is 1210. The fourth-order valence-corrected chi connectivity index (χ4v) is 12.9. The minimum atomic E-state index is -2.17. The van der Waals surface area contributed by atoms with E-state index in [1.54, 1.807) is 13.1 Å². The molecule has 0 bridgehead atoms. The number of hydrogen-bond donors (Lipinski definition) is 1. The van der Waals surface area contributed by atoms with Crippen LogP contribution in [0.15, 0.2) is 30.5 Å². The predicted octanol–water partition coefficient (Wildman–Crippen LogP) is 8.08. The van der Waals surface area contributed by atoms with Crippen LogP contribution < -0.4 is 0 Å². The quantitative estimate of drug-likeness (QED) is 0.202. The Balaban J connectivity index is 2.10. The number of alkyl halides is 1. The van der Waals surface area contributed by atoms with Crippen molar-refractivity contribution < 1.29 is 19.1 Å². The van der Waals surface area contributed by atoms with Crippen molar-refractivity contribution in [3.63, 3.8) is 0 Å². The molecule has 7 heteroatoms. The van der Waals surface area contributed by atoms with E-state index in [1.807, 2.05) is 45.0 Å². The zero-order valence-corrected chi connectivity index (χ0v) is 26.7. The largest absolute Gasteiger partial charge is 0.443 e. The Morgan fingerprint density at radius 2 is 1.71 bits per heavy atom. The van der Waals surface area contributed by atoms with Gasteiger partial charge in [-0.15, -0.1) is 17.5 Å². The molecule has 1 aromatic carbocycles. The van der Waals surface area contributed by atoms with Crippen LogP contribution in [-0.4, -0.2) is 47.3 Å². The van der Waals surface area contributed by atoms with Crippen LogP contribution in [0.1, 0.15) is 87.6 Å². The van der Waals surface area contributed by atoms with Crippen molar-refractivity contribution in [2.24, 2.45) is 5.41 Å². The van der Waals surface area contributed by atoms with E-state index in [2.05, 4.69) is 60.3 Å². The Labute approximate surface area is 235 Å². The maximum absolute atomic E-state index is 12.9. The van der Waals surface area contributed by atoms with Crippen molar-refractivity contribution in [1.82, 2.24) is 4.57 Å². The average Bonchev–Trinajstić information content (AvgIpc) is 3.07. The monoisotopic (exact) mass is 559 g/mol. The van der Waals surface area contributed by atoms with E-state index in [9.17, 15) is 9.90 Å². The van der Waals surface area contributed by atoms with Gasteiger partial charge in [-0.1, -0.05) is 66.5 Å². The smallest absolute Gasteiger partial charge is 0.418 e. The van der Waals surface area contributed by atoms with Crippen molar-refractivity contribution >= 4 is 36.9 Å². The first kappa shape index (κ1) is 30.8. The summed E-state index contributed by atoms with van der Waals surface area (Å²) in [7, 11) is -2.17. The molecule has 1 fully saturated rings. The molecule has 1 aromatic heterocycles. The number of aliphatic hydroxyl groups excluding tert-OH is 1. The summed E-state index contributed by atoms with van der Waals surface area (Å²) in [6.07, 6.45) is 0.288. The summed E-state index contributed by atoms with van der Waals surface area (Å²) >= 11 is 7.39. The SMILES string of the molecule is CC#CC(O)[C@]1(Cl)[C@@H](c2cccc3c2ccn3C(=O)OC(C)(C)C)[C@]1(C)CO[Si](C(C)C)(C(C)C)C(C)C. The van der Waals surface area contributed by atoms with Crippen LogP contribution in [0, 0.1) is 17.3 Å². The third-order valence-electron chi connectivity index (χ3n) is 8.53. The molecule has 0 radical (unpaired) electrons. The number of carbonyl (C=O) groups is 1. The number of benzene rings is 1. The third-order valence-corrected chi connectivity index (χ3v) is 15.4. The molecule has 2 aromatic rings. The first-order valence-electron chi connectivity index (χ1n) is 13.8. The number of aromatic nitrogens is 1. The minimum absolute atomic E-state index is 0.219. The van der Waals surface area contributed by atoms with Crippen molar-refractivity contribution in [3.05, 3.63) is 36.0 Å². The van der Waals surface area contributed by atoms with Gasteiger partial charge in [0.05, 0.1) is 10.4 Å². The van der Waals surface area contributed by atoms with Crippen molar-refractivity contribution in [3.8, 4) is 11.8 Å². The zero-order valence-electron chi connectivity index (χ0n) is 25.0. The molecule has 38 heavy (non-hydrogen) atoms. The van der Waals surface area contributed by atoms with Crippen molar-refractivity contribution in [2.45, 2.75) is 115 Å². The molecule has 210 valence electrons. The summed E-state index contributed by atoms with van der Waals surface area (Å²) in [4.78, 5) is 11.9. The summed E-state index contributed by atoms with van der Waals surface area (Å²) in [5, 5.41) is 12.1. The van der Waals surface area contributed by atoms with Gasteiger partial charge < -0.3 is 14.3 Å². The number of ether oxygens (including phenoxy) is 1. The van der Waals surface area contributed by atoms with Gasteiger partial charge in [-0.2, -0.15) is 0 Å². The minimum Gasteiger partial charge on any atom is -0.443 e. The first-order chi connectivity index (χ1) is 17.5. The summed E-state index contributed by atoms with van der Waals surface area (Å²) in [5.41, 5.74) is 1.85. The van der Waals surface area contributed by atoms with Gasteiger partial charge >= 0.3 is 6.09 Å². The van der Waals surface area contributed by atoms with Gasteiger partial charge in [0.2, 0.25) is 0 Å². The van der Waals surface area contributed by atoms with E-state index in [4.69, 9.17) is 20.8 Å². The third kappa shape index (κ3) is 4.96. The molecule has 0 saturated heterocycles. The molecule has 1 saturated carbocycles. The van der Waals surface area contributed by atoms with E-state index in [0.717, 1.165) is 16.5 Å². The summed E-state index contributed by atoms with van der Waals surface area (Å²) in [5.74, 6) is 5.54. The van der Waals surface area contributed by atoms with E-state index in [1.165, 1.54) is 4.57 Å². The molecule has 1 N–H and O–H groups in total. The molecule has 3 rings (SSSR count). The van der Waals surface area contributed by atoms with E-state index in [-0.39, 0.29) is 5.92 Å². The number of hydrogen-bond acceptors (Lipinski definition) is 4. The second-order valence-corrected chi connectivity index (χ2v) is 19.1. The molecule has 4 atom stereocenters. The number of nitrogens with zero attached hydrogens (tertiary/aromatic N) is 1. The van der Waals surface area contributed by atoms with Gasteiger partial charge in [-0.3, -0.25) is 4.57 Å². The number of carbonyl (C=O) groups excluding carboxylic acids is 1. The number of fused-ring (bicyclic) bond motifs is 1. The normalized spacial score (nSPS) is 24.6. The predicted molar refractivity (Wildman–Crippen MR) is 159 cm³/mol. The Morgan fingerprint density at radius 3 is 2.21 bits per heavy atom. The fraction of sp³-hybridized carbons (Fsp3) is 0.645. The van der Waals surface area contributed by atoms with Crippen LogP contribution in [0.4, 0.5) is 4.79 Å². The maximum Gasteiger partial charge on any atom is 0.418 e. The molecule has 1 aliphatic carbocycles. The topological polar surface area (TPSA) is 60.7 Å². The summed E-state index contributed by atoms with van der Waals surface area (Å²) in [6.45, 7) is 23.4. The summed E-state index contributed by atoms with van der Waals surface area (Å²) < 4.78 is 14.2. The van der Waals surface area contributed by atoms with Gasteiger partial charge in [-0.05, 0) is 62.0 Å². The van der Waals surface area contributed by atoms with Crippen LogP contribution in [0.3, 0.4) is 0 Å². The molecular weight excluding hydrogens is 514 g/mol. The van der Waals surface area contributed by atoms with Gasteiger partial charge in [-0.25, -0.2) is 4.79 Å². The highest BCUT2D eigenvalue weighted by Crippen LogP contribution is 2.74. The van der Waals surface area contributed by atoms with Gasteiger partial charge in [0.15, 0.2) is 8.32 Å². The fourth-order valence-electron chi connectivity index (χ4n) is 6.83. The maximum atomic E-state index is 12.9. The van der Waals surface area contributed by atoms with Crippen molar-refractivity contribution in [1.29, 1.82) is 0 Å². The standard InChI is InChI=1S/C31H46ClNO4Si/c1-12-14-26(34)31(32)27(30(31,11)19-36-38(20(2)3,21(4)5)22(6)7)24-15-13-16-25-23(24)17-18-33(25)28(35)37-29(8,9)10/h13,15-18,20-22,26-27,34H,19H2,1-11H3/t26?,27-,30-,31-/m0/s1. The lowest BCUT2D eigenvalue weighted by Crippen LogP contribution is -2.49. The van der Waals surface area contributed by atoms with Crippen LogP contribution in [0.5, 0.6) is 0 Å². The van der Waals surface area contributed by atoms with E-state index < -0.39 is 36.4 Å². The van der Waals surface area contributed by atoms with Gasteiger partial charge in [0.25, 0.3) is 0 Å². The lowest BCUT2D eigenvalue weighted by Gasteiger charge is -2.43. The zero-order chi connectivity index (χ0) is 28.8. The van der Waals surface area contributed by atoms with Crippen LogP contribution in [0.25, 0.3) is 10.9 Å². The molecule has 1 unspecified atom stereocenters.